The van der Waals surface area contributed by atoms with Gasteiger partial charge in [0.05, 0.1) is 23.9 Å². The van der Waals surface area contributed by atoms with E-state index in [0.717, 1.165) is 24.0 Å². The highest BCUT2D eigenvalue weighted by Gasteiger charge is 2.26. The van der Waals surface area contributed by atoms with Gasteiger partial charge in [0.2, 0.25) is 0 Å². The third kappa shape index (κ3) is 4.34. The summed E-state index contributed by atoms with van der Waals surface area (Å²) < 4.78 is 41.1. The molecule has 2 aromatic heterocycles. The Balaban J connectivity index is 2.07. The predicted octanol–water partition coefficient (Wildman–Crippen LogP) is 3.66. The second-order valence-electron chi connectivity index (χ2n) is 8.21. The van der Waals surface area contributed by atoms with E-state index in [1.165, 1.54) is 16.8 Å². The molecule has 0 atom stereocenters. The van der Waals surface area contributed by atoms with E-state index in [1.54, 1.807) is 24.3 Å². The molecule has 0 saturated carbocycles. The first-order chi connectivity index (χ1) is 16.5. The first kappa shape index (κ1) is 23.9. The van der Waals surface area contributed by atoms with Crippen LogP contribution in [0.3, 0.4) is 0 Å². The van der Waals surface area contributed by atoms with Crippen LogP contribution in [0.5, 0.6) is 0 Å². The van der Waals surface area contributed by atoms with Crippen molar-refractivity contribution in [3.05, 3.63) is 87.2 Å². The quantitative estimate of drug-likeness (QED) is 0.394. The van der Waals surface area contributed by atoms with E-state index in [-0.39, 0.29) is 45.8 Å². The number of sulfone groups is 1. The lowest BCUT2D eigenvalue weighted by Gasteiger charge is -2.13. The van der Waals surface area contributed by atoms with E-state index in [2.05, 4.69) is 4.98 Å². The zero-order valence-electron chi connectivity index (χ0n) is 18.8. The number of carbonyl (C=O) groups is 1. The van der Waals surface area contributed by atoms with Crippen molar-refractivity contribution in [1.82, 2.24) is 9.55 Å². The van der Waals surface area contributed by atoms with Gasteiger partial charge in [-0.05, 0) is 43.3 Å². The van der Waals surface area contributed by atoms with Crippen LogP contribution in [-0.2, 0) is 22.8 Å². The number of aromatic carboxylic acids is 1. The molecular weight excluding hydrogens is 473 g/mol. The summed E-state index contributed by atoms with van der Waals surface area (Å²) in [6.07, 6.45) is 2.04. The number of hydrogen-bond acceptors (Lipinski definition) is 5. The molecule has 2 heterocycles. The average Bonchev–Trinajstić information content (AvgIpc) is 3.09. The molecule has 0 saturated heterocycles. The van der Waals surface area contributed by atoms with Crippen molar-refractivity contribution in [2.75, 3.05) is 6.26 Å². The van der Waals surface area contributed by atoms with E-state index in [4.69, 9.17) is 5.26 Å². The fourth-order valence-electron chi connectivity index (χ4n) is 4.18. The number of nitrogens with one attached hydrogen (secondary N) is 1. The summed E-state index contributed by atoms with van der Waals surface area (Å²) in [5.74, 6) is -2.13. The maximum Gasteiger partial charge on any atom is 0.353 e. The predicted molar refractivity (Wildman–Crippen MR) is 128 cm³/mol. The van der Waals surface area contributed by atoms with Gasteiger partial charge in [0.1, 0.15) is 11.5 Å². The summed E-state index contributed by atoms with van der Waals surface area (Å²) in [5, 5.41) is 19.7. The second kappa shape index (κ2) is 8.85. The topological polar surface area (TPSA) is 133 Å². The van der Waals surface area contributed by atoms with Gasteiger partial charge in [0, 0.05) is 45.6 Å². The van der Waals surface area contributed by atoms with Gasteiger partial charge in [0.15, 0.2) is 9.84 Å². The Labute approximate surface area is 199 Å². The van der Waals surface area contributed by atoms with Crippen LogP contribution in [0.2, 0.25) is 0 Å². The highest BCUT2D eigenvalue weighted by atomic mass is 32.2. The van der Waals surface area contributed by atoms with Crippen LogP contribution in [0, 0.1) is 24.1 Å². The fourth-order valence-corrected chi connectivity index (χ4v) is 4.89. The first-order valence-electron chi connectivity index (χ1n) is 10.5. The van der Waals surface area contributed by atoms with E-state index < -0.39 is 27.2 Å². The molecule has 0 aliphatic carbocycles. The Morgan fingerprint density at radius 1 is 1.20 bits per heavy atom. The van der Waals surface area contributed by atoms with Crippen molar-refractivity contribution in [2.24, 2.45) is 0 Å². The third-order valence-electron chi connectivity index (χ3n) is 5.73. The van der Waals surface area contributed by atoms with Crippen LogP contribution in [0.4, 0.5) is 4.39 Å². The number of rotatable bonds is 6. The number of nitriles is 1. The number of carboxylic acid groups (broad SMARTS) is 1. The van der Waals surface area contributed by atoms with Crippen molar-refractivity contribution >= 4 is 26.7 Å². The Hall–Kier alpha value is -4.23. The van der Waals surface area contributed by atoms with Gasteiger partial charge in [-0.25, -0.2) is 17.6 Å². The number of hydrogen-bond donors (Lipinski definition) is 2. The van der Waals surface area contributed by atoms with Crippen LogP contribution in [0.25, 0.3) is 22.0 Å². The molecule has 2 N–H and O–H groups in total. The molecule has 0 bridgehead atoms. The smallest absolute Gasteiger partial charge is 0.353 e. The fraction of sp³-hybridized carbons (Fsp3) is 0.160. The molecule has 35 heavy (non-hydrogen) atoms. The van der Waals surface area contributed by atoms with E-state index in [9.17, 15) is 23.1 Å². The molecule has 8 nitrogen and oxygen atoms in total. The number of aryl methyl sites for hydroxylation is 1. The van der Waals surface area contributed by atoms with Gasteiger partial charge in [0.25, 0.3) is 5.56 Å². The van der Waals surface area contributed by atoms with Crippen molar-refractivity contribution in [1.29, 1.82) is 5.26 Å². The SMILES string of the molecule is Cc1ccc2c(c1)c(-c1ccc[nH]c1=O)c(C(=O)O)n2Cc1cc(S(C)(=O)=O)cc(CC#N)c1F. The zero-order valence-corrected chi connectivity index (χ0v) is 19.6. The lowest BCUT2D eigenvalue weighted by atomic mass is 10.0. The van der Waals surface area contributed by atoms with Gasteiger partial charge in [-0.2, -0.15) is 5.26 Å². The molecular formula is C25H20FN3O5S. The number of fused-ring (bicyclic) bond motifs is 1. The second-order valence-corrected chi connectivity index (χ2v) is 10.2. The number of aromatic nitrogens is 2. The summed E-state index contributed by atoms with van der Waals surface area (Å²) in [5.41, 5.74) is 0.634. The third-order valence-corrected chi connectivity index (χ3v) is 6.82. The normalized spacial score (nSPS) is 11.5. The highest BCUT2D eigenvalue weighted by Crippen LogP contribution is 2.35. The Kier molecular flexibility index (Phi) is 6.05. The lowest BCUT2D eigenvalue weighted by Crippen LogP contribution is -2.15. The summed E-state index contributed by atoms with van der Waals surface area (Å²) >= 11 is 0. The molecule has 0 aliphatic heterocycles. The van der Waals surface area contributed by atoms with Crippen LogP contribution >= 0.6 is 0 Å². The monoisotopic (exact) mass is 493 g/mol. The standard InChI is InChI=1S/C25H20FN3O5S/c1-14-5-6-20-19(10-14)21(18-4-3-9-28-24(18)30)23(25(31)32)29(20)13-16-12-17(35(2,33)34)11-15(7-8-27)22(16)26/h3-6,9-12H,7,13H2,1-2H3,(H,28,30)(H,31,32). The van der Waals surface area contributed by atoms with Gasteiger partial charge in [-0.1, -0.05) is 11.6 Å². The number of aromatic amines is 1. The van der Waals surface area contributed by atoms with E-state index in [1.807, 2.05) is 13.0 Å². The number of halogens is 1. The van der Waals surface area contributed by atoms with Gasteiger partial charge >= 0.3 is 5.97 Å². The minimum absolute atomic E-state index is 0.0910. The van der Waals surface area contributed by atoms with Crippen LogP contribution in [-0.4, -0.2) is 35.3 Å². The van der Waals surface area contributed by atoms with Crippen molar-refractivity contribution in [3.8, 4) is 17.2 Å². The molecule has 0 unspecified atom stereocenters. The summed E-state index contributed by atoms with van der Waals surface area (Å²) in [6, 6.07) is 12.3. The molecule has 4 rings (SSSR count). The Morgan fingerprint density at radius 2 is 1.91 bits per heavy atom. The first-order valence-corrected chi connectivity index (χ1v) is 12.3. The number of nitrogens with zero attached hydrogens (tertiary/aromatic N) is 2. The lowest BCUT2D eigenvalue weighted by molar-refractivity contribution is 0.0687. The van der Waals surface area contributed by atoms with Crippen molar-refractivity contribution < 1.29 is 22.7 Å². The summed E-state index contributed by atoms with van der Waals surface area (Å²) in [4.78, 5) is 27.5. The number of benzene rings is 2. The van der Waals surface area contributed by atoms with Crippen LogP contribution in [0.1, 0.15) is 27.2 Å². The van der Waals surface area contributed by atoms with Crippen molar-refractivity contribution in [3.63, 3.8) is 0 Å². The molecule has 0 amide bonds. The molecule has 10 heteroatoms. The summed E-state index contributed by atoms with van der Waals surface area (Å²) in [6.45, 7) is 1.49. The van der Waals surface area contributed by atoms with Gasteiger partial charge < -0.3 is 14.7 Å². The molecule has 0 spiro atoms. The molecule has 0 fully saturated rings. The number of carboxylic acids is 1. The molecule has 178 valence electrons. The molecule has 0 aliphatic rings. The number of H-pyrrole nitrogens is 1. The minimum Gasteiger partial charge on any atom is -0.477 e. The van der Waals surface area contributed by atoms with Crippen molar-refractivity contribution in [2.45, 2.75) is 24.8 Å². The molecule has 0 radical (unpaired) electrons. The average molecular weight is 494 g/mol. The van der Waals surface area contributed by atoms with Gasteiger partial charge in [-0.3, -0.25) is 4.79 Å². The van der Waals surface area contributed by atoms with E-state index >= 15 is 4.39 Å². The van der Waals surface area contributed by atoms with Crippen LogP contribution < -0.4 is 5.56 Å². The summed E-state index contributed by atoms with van der Waals surface area (Å²) in [7, 11) is -3.74. The maximum atomic E-state index is 15.3. The Bertz CT molecular complexity index is 1710. The largest absolute Gasteiger partial charge is 0.477 e. The molecule has 2 aromatic carbocycles. The maximum absolute atomic E-state index is 15.3. The Morgan fingerprint density at radius 3 is 2.54 bits per heavy atom. The van der Waals surface area contributed by atoms with E-state index in [0.29, 0.717) is 10.9 Å². The van der Waals surface area contributed by atoms with Crippen LogP contribution in [0.15, 0.2) is 58.4 Å². The van der Waals surface area contributed by atoms with Gasteiger partial charge in [-0.15, -0.1) is 0 Å². The zero-order chi connectivity index (χ0) is 25.5. The highest BCUT2D eigenvalue weighted by molar-refractivity contribution is 7.90. The minimum atomic E-state index is -3.74. The number of pyridine rings is 1. The molecule has 4 aromatic rings.